The summed E-state index contributed by atoms with van der Waals surface area (Å²) < 4.78 is 37.0. The van der Waals surface area contributed by atoms with E-state index >= 15 is 0 Å². The van der Waals surface area contributed by atoms with Crippen LogP contribution in [0.5, 0.6) is 0 Å². The molecule has 0 aliphatic rings. The maximum atomic E-state index is 12.3. The molecule has 1 N–H and O–H groups in total. The first-order chi connectivity index (χ1) is 7.80. The van der Waals surface area contributed by atoms with Gasteiger partial charge in [-0.3, -0.25) is 4.79 Å². The summed E-state index contributed by atoms with van der Waals surface area (Å²) in [5.74, 6) is -0.223. The molecule has 1 rings (SSSR count). The first-order valence-electron chi connectivity index (χ1n) is 4.79. The zero-order chi connectivity index (χ0) is 13.1. The number of nitrogens with zero attached hydrogens (tertiary/aromatic N) is 2. The van der Waals surface area contributed by atoms with E-state index in [2.05, 4.69) is 10.3 Å². The second kappa shape index (κ2) is 5.03. The highest BCUT2D eigenvalue weighted by Crippen LogP contribution is 2.27. The molecule has 0 aliphatic carbocycles. The molecule has 1 amide bonds. The van der Waals surface area contributed by atoms with Gasteiger partial charge in [0.15, 0.2) is 0 Å². The molecule has 4 nitrogen and oxygen atoms in total. The number of rotatable bonds is 3. The molecule has 0 spiro atoms. The molecule has 0 aromatic carbocycles. The monoisotopic (exact) mass is 247 g/mol. The topological polar surface area (TPSA) is 45.2 Å². The summed E-state index contributed by atoms with van der Waals surface area (Å²) >= 11 is 0. The smallest absolute Gasteiger partial charge is 0.361 e. The Hall–Kier alpha value is -1.79. The Morgan fingerprint density at radius 3 is 2.59 bits per heavy atom. The molecule has 7 heteroatoms. The number of hydrogen-bond acceptors (Lipinski definition) is 3. The van der Waals surface area contributed by atoms with Crippen molar-refractivity contribution >= 4 is 11.7 Å². The third-order valence-corrected chi connectivity index (χ3v) is 1.96. The Bertz CT molecular complexity index is 404. The van der Waals surface area contributed by atoms with Crippen LogP contribution in [0, 0.1) is 0 Å². The van der Waals surface area contributed by atoms with Crippen LogP contribution in [0.3, 0.4) is 0 Å². The number of anilines is 1. The van der Waals surface area contributed by atoms with E-state index in [1.807, 2.05) is 0 Å². The SMILES string of the molecule is CN(C)C(=O)CNc1cccc(C(F)(F)F)n1. The van der Waals surface area contributed by atoms with Crippen molar-refractivity contribution in [2.75, 3.05) is 26.0 Å². The van der Waals surface area contributed by atoms with Gasteiger partial charge in [0, 0.05) is 14.1 Å². The minimum absolute atomic E-state index is 0.0232. The molecule has 0 atom stereocenters. The molecule has 17 heavy (non-hydrogen) atoms. The average molecular weight is 247 g/mol. The molecule has 94 valence electrons. The van der Waals surface area contributed by atoms with Crippen molar-refractivity contribution in [2.45, 2.75) is 6.18 Å². The summed E-state index contributed by atoms with van der Waals surface area (Å²) in [6.45, 7) is -0.0959. The number of carbonyl (C=O) groups excluding carboxylic acids is 1. The van der Waals surface area contributed by atoms with Crippen LogP contribution in [0.1, 0.15) is 5.69 Å². The highest BCUT2D eigenvalue weighted by molar-refractivity contribution is 5.79. The van der Waals surface area contributed by atoms with Gasteiger partial charge in [-0.25, -0.2) is 4.98 Å². The number of halogens is 3. The lowest BCUT2D eigenvalue weighted by molar-refractivity contribution is -0.141. The molecule has 0 fully saturated rings. The normalized spacial score (nSPS) is 11.1. The number of aromatic nitrogens is 1. The lowest BCUT2D eigenvalue weighted by Gasteiger charge is -2.12. The quantitative estimate of drug-likeness (QED) is 0.882. The van der Waals surface area contributed by atoms with Crippen molar-refractivity contribution in [3.05, 3.63) is 23.9 Å². The predicted octanol–water partition coefficient (Wildman–Crippen LogP) is 1.60. The number of nitrogens with one attached hydrogen (secondary N) is 1. The van der Waals surface area contributed by atoms with E-state index in [4.69, 9.17) is 0 Å². The summed E-state index contributed by atoms with van der Waals surface area (Å²) in [5.41, 5.74) is -0.986. The summed E-state index contributed by atoms with van der Waals surface area (Å²) in [6.07, 6.45) is -4.48. The van der Waals surface area contributed by atoms with Crippen LogP contribution in [-0.4, -0.2) is 36.4 Å². The van der Waals surface area contributed by atoms with Gasteiger partial charge in [-0.15, -0.1) is 0 Å². The van der Waals surface area contributed by atoms with Gasteiger partial charge >= 0.3 is 6.18 Å². The standard InChI is InChI=1S/C10H12F3N3O/c1-16(2)9(17)6-14-8-5-3-4-7(15-8)10(11,12)13/h3-5H,6H2,1-2H3,(H,14,15). The third-order valence-electron chi connectivity index (χ3n) is 1.96. The molecule has 0 saturated carbocycles. The minimum atomic E-state index is -4.48. The van der Waals surface area contributed by atoms with Crippen molar-refractivity contribution < 1.29 is 18.0 Å². The van der Waals surface area contributed by atoms with E-state index < -0.39 is 11.9 Å². The molecule has 0 bridgehead atoms. The van der Waals surface area contributed by atoms with Gasteiger partial charge in [-0.2, -0.15) is 13.2 Å². The summed E-state index contributed by atoms with van der Waals surface area (Å²) in [6, 6.07) is 3.48. The number of alkyl halides is 3. The Morgan fingerprint density at radius 1 is 1.41 bits per heavy atom. The minimum Gasteiger partial charge on any atom is -0.361 e. The van der Waals surface area contributed by atoms with Crippen molar-refractivity contribution in [3.63, 3.8) is 0 Å². The third kappa shape index (κ3) is 3.93. The van der Waals surface area contributed by atoms with E-state index in [1.54, 1.807) is 14.1 Å². The van der Waals surface area contributed by atoms with Crippen molar-refractivity contribution in [1.29, 1.82) is 0 Å². The van der Waals surface area contributed by atoms with E-state index in [0.717, 1.165) is 6.07 Å². The molecule has 0 unspecified atom stereocenters. The van der Waals surface area contributed by atoms with Crippen molar-refractivity contribution in [2.24, 2.45) is 0 Å². The fraction of sp³-hybridized carbons (Fsp3) is 0.400. The molecule has 1 aromatic heterocycles. The van der Waals surface area contributed by atoms with Gasteiger partial charge in [0.2, 0.25) is 5.91 Å². The highest BCUT2D eigenvalue weighted by atomic mass is 19.4. The zero-order valence-corrected chi connectivity index (χ0v) is 9.38. The number of pyridine rings is 1. The molecule has 0 aliphatic heterocycles. The van der Waals surface area contributed by atoms with Crippen LogP contribution < -0.4 is 5.32 Å². The van der Waals surface area contributed by atoms with E-state index in [1.165, 1.54) is 17.0 Å². The van der Waals surface area contributed by atoms with Gasteiger partial charge in [0.1, 0.15) is 11.5 Å². The summed E-state index contributed by atoms with van der Waals surface area (Å²) in [7, 11) is 3.12. The molecule has 1 heterocycles. The van der Waals surface area contributed by atoms with Crippen LogP contribution in [0.4, 0.5) is 19.0 Å². The van der Waals surface area contributed by atoms with E-state index in [0.29, 0.717) is 0 Å². The molecular weight excluding hydrogens is 235 g/mol. The van der Waals surface area contributed by atoms with Gasteiger partial charge in [-0.1, -0.05) is 6.07 Å². The summed E-state index contributed by atoms with van der Waals surface area (Å²) in [5, 5.41) is 2.54. The first-order valence-corrected chi connectivity index (χ1v) is 4.79. The van der Waals surface area contributed by atoms with Gasteiger partial charge in [0.05, 0.1) is 6.54 Å². The molecule has 0 radical (unpaired) electrons. The van der Waals surface area contributed by atoms with Crippen LogP contribution >= 0.6 is 0 Å². The largest absolute Gasteiger partial charge is 0.433 e. The fourth-order valence-electron chi connectivity index (χ4n) is 1.02. The summed E-state index contributed by atoms with van der Waals surface area (Å²) in [4.78, 5) is 15.9. The maximum absolute atomic E-state index is 12.3. The lowest BCUT2D eigenvalue weighted by atomic mass is 10.3. The second-order valence-corrected chi connectivity index (χ2v) is 3.55. The maximum Gasteiger partial charge on any atom is 0.433 e. The van der Waals surface area contributed by atoms with Gasteiger partial charge in [-0.05, 0) is 12.1 Å². The first kappa shape index (κ1) is 13.3. The van der Waals surface area contributed by atoms with Crippen LogP contribution in [0.2, 0.25) is 0 Å². The van der Waals surface area contributed by atoms with E-state index in [9.17, 15) is 18.0 Å². The van der Waals surface area contributed by atoms with Crippen LogP contribution in [-0.2, 0) is 11.0 Å². The lowest BCUT2D eigenvalue weighted by Crippen LogP contribution is -2.28. The second-order valence-electron chi connectivity index (χ2n) is 3.55. The van der Waals surface area contributed by atoms with Gasteiger partial charge in [0.25, 0.3) is 0 Å². The Morgan fingerprint density at radius 2 is 2.06 bits per heavy atom. The Balaban J connectivity index is 2.70. The van der Waals surface area contributed by atoms with Crippen LogP contribution in [0.15, 0.2) is 18.2 Å². The zero-order valence-electron chi connectivity index (χ0n) is 9.38. The Labute approximate surface area is 96.4 Å². The molecular formula is C10H12F3N3O. The number of likely N-dealkylation sites (N-methyl/N-ethyl adjacent to an activating group) is 1. The van der Waals surface area contributed by atoms with Crippen LogP contribution in [0.25, 0.3) is 0 Å². The number of carbonyl (C=O) groups is 1. The average Bonchev–Trinajstić information content (AvgIpc) is 2.25. The Kier molecular flexibility index (Phi) is 3.93. The predicted molar refractivity (Wildman–Crippen MR) is 56.4 cm³/mol. The van der Waals surface area contributed by atoms with E-state index in [-0.39, 0.29) is 18.3 Å². The highest BCUT2D eigenvalue weighted by Gasteiger charge is 2.32. The number of amides is 1. The molecule has 1 aromatic rings. The fourth-order valence-corrected chi connectivity index (χ4v) is 1.02. The molecule has 0 saturated heterocycles. The van der Waals surface area contributed by atoms with Crippen molar-refractivity contribution in [1.82, 2.24) is 9.88 Å². The van der Waals surface area contributed by atoms with Gasteiger partial charge < -0.3 is 10.2 Å². The van der Waals surface area contributed by atoms with Crippen molar-refractivity contribution in [3.8, 4) is 0 Å². The number of hydrogen-bond donors (Lipinski definition) is 1.